The molecule has 0 unspecified atom stereocenters. The Bertz CT molecular complexity index is 537. The summed E-state index contributed by atoms with van der Waals surface area (Å²) in [7, 11) is -3.32. The van der Waals surface area contributed by atoms with Gasteiger partial charge in [0.25, 0.3) is 0 Å². The van der Waals surface area contributed by atoms with Crippen LogP contribution in [-0.4, -0.2) is 51.9 Å². The predicted octanol–water partition coefficient (Wildman–Crippen LogP) is 0.683. The van der Waals surface area contributed by atoms with Crippen LogP contribution in [0.1, 0.15) is 5.56 Å². The van der Waals surface area contributed by atoms with Crippen molar-refractivity contribution in [1.82, 2.24) is 4.90 Å². The number of aryl methyl sites for hydroxylation is 1. The predicted molar refractivity (Wildman–Crippen MR) is 74.9 cm³/mol. The molecular weight excluding hydrogens is 264 g/mol. The van der Waals surface area contributed by atoms with Gasteiger partial charge in [0.15, 0.2) is 9.84 Å². The Labute approximate surface area is 114 Å². The average Bonchev–Trinajstić information content (AvgIpc) is 2.40. The lowest BCUT2D eigenvalue weighted by Crippen LogP contribution is -2.39. The number of nitrogens with zero attached hydrogens (tertiary/aromatic N) is 1. The van der Waals surface area contributed by atoms with Crippen molar-refractivity contribution in [3.05, 3.63) is 23.8 Å². The van der Waals surface area contributed by atoms with Crippen molar-refractivity contribution in [2.24, 2.45) is 0 Å². The zero-order chi connectivity index (χ0) is 13.9. The second-order valence-electron chi connectivity index (χ2n) is 4.81. The Balaban J connectivity index is 2.07. The summed E-state index contributed by atoms with van der Waals surface area (Å²) in [5, 5.41) is 0. The molecule has 1 aromatic carbocycles. The maximum absolute atomic E-state index is 12.3. The normalized spacial score (nSPS) is 17.5. The molecule has 2 N–H and O–H groups in total. The van der Waals surface area contributed by atoms with Crippen LogP contribution in [0.5, 0.6) is 0 Å². The summed E-state index contributed by atoms with van der Waals surface area (Å²) in [5.74, 6) is 0.0979. The molecule has 1 aliphatic heterocycles. The topological polar surface area (TPSA) is 72.6 Å². The first-order chi connectivity index (χ1) is 8.99. The molecular formula is C13H20N2O3S. The Hall–Kier alpha value is -1.11. The van der Waals surface area contributed by atoms with E-state index >= 15 is 0 Å². The molecule has 6 heteroatoms. The van der Waals surface area contributed by atoms with Crippen LogP contribution in [0.3, 0.4) is 0 Å². The Morgan fingerprint density at radius 3 is 2.68 bits per heavy atom. The average molecular weight is 284 g/mol. The molecule has 0 amide bonds. The lowest BCUT2D eigenvalue weighted by Gasteiger charge is -2.26. The quantitative estimate of drug-likeness (QED) is 0.823. The standard InChI is InChI=1S/C13H20N2O3S/c1-11-2-3-12(14)13(10-11)19(16,17)9-6-15-4-7-18-8-5-15/h2-3,10H,4-9,14H2,1H3. The maximum atomic E-state index is 12.3. The molecule has 0 saturated carbocycles. The molecule has 0 radical (unpaired) electrons. The van der Waals surface area contributed by atoms with Crippen LogP contribution in [0.4, 0.5) is 5.69 Å². The minimum Gasteiger partial charge on any atom is -0.398 e. The van der Waals surface area contributed by atoms with Crippen molar-refractivity contribution < 1.29 is 13.2 Å². The number of ether oxygens (including phenoxy) is 1. The van der Waals surface area contributed by atoms with Gasteiger partial charge in [0.05, 0.1) is 29.5 Å². The summed E-state index contributed by atoms with van der Waals surface area (Å²) >= 11 is 0. The first-order valence-corrected chi connectivity index (χ1v) is 8.03. The fraction of sp³-hybridized carbons (Fsp3) is 0.538. The molecule has 0 spiro atoms. The highest BCUT2D eigenvalue weighted by molar-refractivity contribution is 7.91. The second kappa shape index (κ2) is 5.90. The second-order valence-corrected chi connectivity index (χ2v) is 6.89. The number of hydrogen-bond donors (Lipinski definition) is 1. The number of anilines is 1. The molecule has 1 aromatic rings. The van der Waals surface area contributed by atoms with Gasteiger partial charge < -0.3 is 10.5 Å². The van der Waals surface area contributed by atoms with Gasteiger partial charge in [-0.3, -0.25) is 4.90 Å². The lowest BCUT2D eigenvalue weighted by atomic mass is 10.2. The Morgan fingerprint density at radius 2 is 2.00 bits per heavy atom. The molecule has 1 fully saturated rings. The molecule has 0 atom stereocenters. The van der Waals surface area contributed by atoms with E-state index < -0.39 is 9.84 Å². The van der Waals surface area contributed by atoms with Crippen LogP contribution >= 0.6 is 0 Å². The molecule has 2 rings (SSSR count). The summed E-state index contributed by atoms with van der Waals surface area (Å²) in [4.78, 5) is 2.35. The third-order valence-corrected chi connectivity index (χ3v) is 5.03. The van der Waals surface area contributed by atoms with Gasteiger partial charge in [-0.1, -0.05) is 6.07 Å². The van der Waals surface area contributed by atoms with Crippen LogP contribution in [-0.2, 0) is 14.6 Å². The Kier molecular flexibility index (Phi) is 4.44. The largest absolute Gasteiger partial charge is 0.398 e. The van der Waals surface area contributed by atoms with Crippen LogP contribution in [0.2, 0.25) is 0 Å². The first-order valence-electron chi connectivity index (χ1n) is 6.38. The van der Waals surface area contributed by atoms with Crippen molar-refractivity contribution in [3.8, 4) is 0 Å². The minimum atomic E-state index is -3.32. The number of rotatable bonds is 4. The first kappa shape index (κ1) is 14.3. The number of sulfone groups is 1. The van der Waals surface area contributed by atoms with Gasteiger partial charge in [-0.2, -0.15) is 0 Å². The van der Waals surface area contributed by atoms with Gasteiger partial charge in [0.2, 0.25) is 0 Å². The molecule has 106 valence electrons. The third-order valence-electron chi connectivity index (χ3n) is 3.28. The number of nitrogen functional groups attached to an aromatic ring is 1. The fourth-order valence-corrected chi connectivity index (χ4v) is 3.61. The van der Waals surface area contributed by atoms with Crippen LogP contribution in [0.15, 0.2) is 23.1 Å². The lowest BCUT2D eigenvalue weighted by molar-refractivity contribution is 0.0408. The smallest absolute Gasteiger partial charge is 0.181 e. The van der Waals surface area contributed by atoms with Crippen molar-refractivity contribution in [3.63, 3.8) is 0 Å². The zero-order valence-corrected chi connectivity index (χ0v) is 11.9. The summed E-state index contributed by atoms with van der Waals surface area (Å²) < 4.78 is 29.9. The highest BCUT2D eigenvalue weighted by Crippen LogP contribution is 2.21. The molecule has 1 aliphatic rings. The summed E-state index contributed by atoms with van der Waals surface area (Å²) in [6.07, 6.45) is 0. The highest BCUT2D eigenvalue weighted by atomic mass is 32.2. The molecule has 0 aliphatic carbocycles. The van der Waals surface area contributed by atoms with E-state index in [0.717, 1.165) is 18.7 Å². The van der Waals surface area contributed by atoms with E-state index in [1.165, 1.54) is 0 Å². The van der Waals surface area contributed by atoms with Gasteiger partial charge in [-0.05, 0) is 24.6 Å². The molecule has 1 saturated heterocycles. The summed E-state index contributed by atoms with van der Waals surface area (Å²) in [5.41, 5.74) is 7.00. The van der Waals surface area contributed by atoms with E-state index in [9.17, 15) is 8.42 Å². The van der Waals surface area contributed by atoms with Crippen molar-refractivity contribution in [2.45, 2.75) is 11.8 Å². The van der Waals surface area contributed by atoms with Gasteiger partial charge in [0, 0.05) is 19.6 Å². The highest BCUT2D eigenvalue weighted by Gasteiger charge is 2.20. The van der Waals surface area contributed by atoms with Gasteiger partial charge in [-0.15, -0.1) is 0 Å². The number of nitrogens with two attached hydrogens (primary N) is 1. The van der Waals surface area contributed by atoms with E-state index in [0.29, 0.717) is 25.4 Å². The SMILES string of the molecule is Cc1ccc(N)c(S(=O)(=O)CCN2CCOCC2)c1. The van der Waals surface area contributed by atoms with Gasteiger partial charge >= 0.3 is 0 Å². The van der Waals surface area contributed by atoms with E-state index in [-0.39, 0.29) is 10.6 Å². The zero-order valence-electron chi connectivity index (χ0n) is 11.1. The minimum absolute atomic E-state index is 0.0979. The molecule has 5 nitrogen and oxygen atoms in total. The van der Waals surface area contributed by atoms with Gasteiger partial charge in [0.1, 0.15) is 0 Å². The summed E-state index contributed by atoms with van der Waals surface area (Å²) in [6, 6.07) is 5.11. The number of morpholine rings is 1. The van der Waals surface area contributed by atoms with Crippen LogP contribution < -0.4 is 5.73 Å². The maximum Gasteiger partial charge on any atom is 0.181 e. The number of benzene rings is 1. The molecule has 0 bridgehead atoms. The van der Waals surface area contributed by atoms with Gasteiger partial charge in [-0.25, -0.2) is 8.42 Å². The molecule has 0 aromatic heterocycles. The summed E-state index contributed by atoms with van der Waals surface area (Å²) in [6.45, 7) is 5.32. The van der Waals surface area contributed by atoms with Crippen molar-refractivity contribution in [1.29, 1.82) is 0 Å². The van der Waals surface area contributed by atoms with E-state index in [2.05, 4.69) is 4.90 Å². The van der Waals surface area contributed by atoms with E-state index in [4.69, 9.17) is 10.5 Å². The van der Waals surface area contributed by atoms with E-state index in [1.807, 2.05) is 13.0 Å². The molecule has 1 heterocycles. The van der Waals surface area contributed by atoms with Crippen molar-refractivity contribution in [2.75, 3.05) is 44.3 Å². The number of hydrogen-bond acceptors (Lipinski definition) is 5. The Morgan fingerprint density at radius 1 is 1.32 bits per heavy atom. The van der Waals surface area contributed by atoms with Crippen LogP contribution in [0.25, 0.3) is 0 Å². The molecule has 19 heavy (non-hydrogen) atoms. The van der Waals surface area contributed by atoms with Crippen LogP contribution in [0, 0.1) is 6.92 Å². The monoisotopic (exact) mass is 284 g/mol. The van der Waals surface area contributed by atoms with E-state index in [1.54, 1.807) is 12.1 Å². The van der Waals surface area contributed by atoms with Crippen molar-refractivity contribution >= 4 is 15.5 Å². The third kappa shape index (κ3) is 3.68. The fourth-order valence-electron chi connectivity index (χ4n) is 2.09.